The van der Waals surface area contributed by atoms with Gasteiger partial charge in [0.1, 0.15) is 5.75 Å². The fourth-order valence-electron chi connectivity index (χ4n) is 7.31. The standard InChI is InChI=1S/C38H44N4O7/c1-21(43)40-28-14-11-22-18-33(47-3)37(48-4)38(49-5)35(22)24-13-16-30(32(44)20-27(24)28)39-17-7-10-34(45)41-31-9-6-8-25-26-19-23(46-2)12-15-29(26)42-36(25)31/h12-13,15-16,18-20,28,31,42H,6-11,14,17H2,1-5H3,(H,39,44)(H,40,43)(H,41,45)/t28-,31-/m0/s1. The van der Waals surface area contributed by atoms with Crippen molar-refractivity contribution in [3.8, 4) is 34.1 Å². The summed E-state index contributed by atoms with van der Waals surface area (Å²) in [6, 6.07) is 12.7. The Bertz CT molecular complexity index is 1950. The zero-order valence-electron chi connectivity index (χ0n) is 28.7. The topological polar surface area (TPSA) is 140 Å². The molecule has 0 spiro atoms. The Morgan fingerprint density at radius 1 is 0.878 bits per heavy atom. The van der Waals surface area contributed by atoms with E-state index in [2.05, 4.69) is 27.0 Å². The highest BCUT2D eigenvalue weighted by molar-refractivity contribution is 5.87. The average Bonchev–Trinajstić information content (AvgIpc) is 3.32. The number of carbonyl (C=O) groups excluding carboxylic acids is 2. The first-order valence-corrected chi connectivity index (χ1v) is 16.8. The molecule has 0 unspecified atom stereocenters. The Labute approximate surface area is 285 Å². The Balaban J connectivity index is 1.19. The smallest absolute Gasteiger partial charge is 0.220 e. The van der Waals surface area contributed by atoms with Crippen molar-refractivity contribution in [1.82, 2.24) is 15.6 Å². The van der Waals surface area contributed by atoms with Gasteiger partial charge < -0.3 is 39.9 Å². The number of methoxy groups -OCH3 is 4. The molecule has 6 rings (SSSR count). The number of aryl methyl sites for hydroxylation is 2. The van der Waals surface area contributed by atoms with E-state index in [1.54, 1.807) is 40.6 Å². The molecular weight excluding hydrogens is 624 g/mol. The van der Waals surface area contributed by atoms with Crippen LogP contribution in [0.3, 0.4) is 0 Å². The van der Waals surface area contributed by atoms with E-state index in [1.807, 2.05) is 24.3 Å². The van der Waals surface area contributed by atoms with E-state index in [0.29, 0.717) is 60.7 Å². The summed E-state index contributed by atoms with van der Waals surface area (Å²) >= 11 is 0. The summed E-state index contributed by atoms with van der Waals surface area (Å²) in [5.74, 6) is 2.09. The van der Waals surface area contributed by atoms with Crippen LogP contribution in [-0.4, -0.2) is 51.8 Å². The largest absolute Gasteiger partial charge is 0.497 e. The number of nitrogens with one attached hydrogen (secondary N) is 4. The van der Waals surface area contributed by atoms with Crippen LogP contribution in [0, 0.1) is 0 Å². The van der Waals surface area contributed by atoms with Gasteiger partial charge in [0, 0.05) is 42.0 Å². The Morgan fingerprint density at radius 3 is 2.43 bits per heavy atom. The second kappa shape index (κ2) is 14.5. The van der Waals surface area contributed by atoms with Crippen molar-refractivity contribution in [2.24, 2.45) is 0 Å². The molecule has 0 fully saturated rings. The van der Waals surface area contributed by atoms with E-state index in [4.69, 9.17) is 18.9 Å². The summed E-state index contributed by atoms with van der Waals surface area (Å²) in [6.07, 6.45) is 4.87. The zero-order valence-corrected chi connectivity index (χ0v) is 28.7. The summed E-state index contributed by atoms with van der Waals surface area (Å²) < 4.78 is 22.6. The molecule has 0 saturated carbocycles. The van der Waals surface area contributed by atoms with Gasteiger partial charge in [0.15, 0.2) is 11.5 Å². The molecule has 3 aromatic carbocycles. The average molecular weight is 669 g/mol. The molecule has 1 heterocycles. The molecule has 0 aliphatic heterocycles. The molecule has 49 heavy (non-hydrogen) atoms. The van der Waals surface area contributed by atoms with Gasteiger partial charge in [-0.2, -0.15) is 0 Å². The first kappa shape index (κ1) is 33.7. The number of anilines is 1. The van der Waals surface area contributed by atoms with E-state index in [1.165, 1.54) is 12.5 Å². The van der Waals surface area contributed by atoms with E-state index in [0.717, 1.165) is 58.3 Å². The quantitative estimate of drug-likeness (QED) is 0.149. The summed E-state index contributed by atoms with van der Waals surface area (Å²) in [4.78, 5) is 42.4. The first-order chi connectivity index (χ1) is 23.8. The van der Waals surface area contributed by atoms with Gasteiger partial charge in [-0.25, -0.2) is 0 Å². The van der Waals surface area contributed by atoms with Gasteiger partial charge in [-0.3, -0.25) is 14.4 Å². The number of hydrogen-bond acceptors (Lipinski definition) is 8. The summed E-state index contributed by atoms with van der Waals surface area (Å²) in [5.41, 5.74) is 6.75. The van der Waals surface area contributed by atoms with Crippen LogP contribution >= 0.6 is 0 Å². The third kappa shape index (κ3) is 6.75. The Kier molecular flexibility index (Phi) is 9.98. The molecule has 2 atom stereocenters. The van der Waals surface area contributed by atoms with Crippen LogP contribution in [0.2, 0.25) is 0 Å². The molecule has 2 amide bonds. The highest BCUT2D eigenvalue weighted by Crippen LogP contribution is 2.50. The number of H-pyrrole nitrogens is 1. The predicted octanol–water partition coefficient (Wildman–Crippen LogP) is 5.74. The fraction of sp³-hybridized carbons (Fsp3) is 0.395. The molecule has 1 aromatic heterocycles. The van der Waals surface area contributed by atoms with Crippen molar-refractivity contribution in [2.45, 2.75) is 64.0 Å². The minimum absolute atomic E-state index is 0.0326. The lowest BCUT2D eigenvalue weighted by atomic mass is 9.91. The Morgan fingerprint density at radius 2 is 1.69 bits per heavy atom. The minimum Gasteiger partial charge on any atom is -0.497 e. The van der Waals surface area contributed by atoms with Crippen LogP contribution in [0.15, 0.2) is 47.3 Å². The molecule has 2 aliphatic carbocycles. The number of ether oxygens (including phenoxy) is 4. The van der Waals surface area contributed by atoms with Crippen molar-refractivity contribution in [2.75, 3.05) is 40.3 Å². The third-order valence-electron chi connectivity index (χ3n) is 9.56. The number of benzene rings is 2. The van der Waals surface area contributed by atoms with Crippen molar-refractivity contribution in [1.29, 1.82) is 0 Å². The number of hydrogen-bond donors (Lipinski definition) is 4. The van der Waals surface area contributed by atoms with Crippen LogP contribution < -0.4 is 40.3 Å². The maximum Gasteiger partial charge on any atom is 0.220 e. The normalized spacial score (nSPS) is 16.3. The summed E-state index contributed by atoms with van der Waals surface area (Å²) in [6.45, 7) is 1.90. The summed E-state index contributed by atoms with van der Waals surface area (Å²) in [5, 5.41) is 10.6. The van der Waals surface area contributed by atoms with E-state index in [-0.39, 0.29) is 23.3 Å². The molecule has 4 N–H and O–H groups in total. The van der Waals surface area contributed by atoms with Gasteiger partial charge in [-0.1, -0.05) is 6.07 Å². The molecule has 0 bridgehead atoms. The molecule has 2 aliphatic rings. The highest BCUT2D eigenvalue weighted by Gasteiger charge is 2.30. The highest BCUT2D eigenvalue weighted by atomic mass is 16.5. The molecule has 0 saturated heterocycles. The molecular formula is C38H44N4O7. The van der Waals surface area contributed by atoms with E-state index >= 15 is 0 Å². The third-order valence-corrected chi connectivity index (χ3v) is 9.56. The van der Waals surface area contributed by atoms with Gasteiger partial charge in [0.2, 0.25) is 23.0 Å². The number of amides is 2. The molecule has 4 aromatic rings. The van der Waals surface area contributed by atoms with E-state index < -0.39 is 6.04 Å². The van der Waals surface area contributed by atoms with Gasteiger partial charge >= 0.3 is 0 Å². The number of rotatable bonds is 11. The second-order valence-electron chi connectivity index (χ2n) is 12.6. The van der Waals surface area contributed by atoms with Crippen molar-refractivity contribution in [3.05, 3.63) is 75.1 Å². The molecule has 11 heteroatoms. The number of aromatic nitrogens is 1. The maximum absolute atomic E-state index is 13.6. The zero-order chi connectivity index (χ0) is 34.7. The van der Waals surface area contributed by atoms with Crippen molar-refractivity contribution in [3.63, 3.8) is 0 Å². The fourth-order valence-corrected chi connectivity index (χ4v) is 7.31. The van der Waals surface area contributed by atoms with Gasteiger partial charge in [-0.05, 0) is 97.2 Å². The van der Waals surface area contributed by atoms with Crippen LogP contribution in [0.5, 0.6) is 23.0 Å². The SMILES string of the molecule is COc1ccc2[nH]c3c(c2c1)CCC[C@@H]3NC(=O)CCCNc1ccc2c(cc1=O)[C@@H](NC(C)=O)CCc1cc(OC)c(OC)c(OC)c1-2. The predicted molar refractivity (Wildman–Crippen MR) is 189 cm³/mol. The van der Waals surface area contributed by atoms with Crippen LogP contribution in [0.25, 0.3) is 22.0 Å². The number of aromatic amines is 1. The summed E-state index contributed by atoms with van der Waals surface area (Å²) in [7, 11) is 6.37. The molecule has 11 nitrogen and oxygen atoms in total. The lowest BCUT2D eigenvalue weighted by Crippen LogP contribution is -2.31. The maximum atomic E-state index is 13.6. The van der Waals surface area contributed by atoms with Gasteiger partial charge in [0.25, 0.3) is 0 Å². The molecule has 258 valence electrons. The lowest BCUT2D eigenvalue weighted by molar-refractivity contribution is -0.122. The lowest BCUT2D eigenvalue weighted by Gasteiger charge is -2.24. The van der Waals surface area contributed by atoms with Crippen LogP contribution in [-0.2, 0) is 22.4 Å². The minimum atomic E-state index is -0.391. The number of carbonyl (C=O) groups is 2. The van der Waals surface area contributed by atoms with Crippen LogP contribution in [0.4, 0.5) is 5.69 Å². The van der Waals surface area contributed by atoms with Crippen molar-refractivity contribution >= 4 is 28.4 Å². The van der Waals surface area contributed by atoms with Crippen LogP contribution in [0.1, 0.15) is 73.5 Å². The Hall–Kier alpha value is -5.19. The van der Waals surface area contributed by atoms with Gasteiger partial charge in [-0.15, -0.1) is 0 Å². The van der Waals surface area contributed by atoms with Gasteiger partial charge in [0.05, 0.1) is 46.2 Å². The monoisotopic (exact) mass is 668 g/mol. The van der Waals surface area contributed by atoms with Crippen molar-refractivity contribution < 1.29 is 28.5 Å². The van der Waals surface area contributed by atoms with E-state index in [9.17, 15) is 14.4 Å². The molecule has 0 radical (unpaired) electrons. The number of fused-ring (bicyclic) bond motifs is 6. The first-order valence-electron chi connectivity index (χ1n) is 16.8. The second-order valence-corrected chi connectivity index (χ2v) is 12.6.